The maximum absolute atomic E-state index is 3.43. The lowest BCUT2D eigenvalue weighted by Crippen LogP contribution is -2.58. The Hall–Kier alpha value is -0.860. The molecule has 1 N–H and O–H groups in total. The number of nitrogens with zero attached hydrogens (tertiary/aromatic N) is 1. The molecule has 2 saturated heterocycles. The van der Waals surface area contributed by atoms with Crippen molar-refractivity contribution in [1.82, 2.24) is 10.2 Å². The Morgan fingerprint density at radius 3 is 2.35 bits per heavy atom. The van der Waals surface area contributed by atoms with Crippen LogP contribution in [0, 0.1) is 5.41 Å². The van der Waals surface area contributed by atoms with Gasteiger partial charge in [0.2, 0.25) is 0 Å². The number of likely N-dealkylation sites (tertiary alicyclic amines) is 1. The average Bonchev–Trinajstić information content (AvgIpc) is 2.36. The quantitative estimate of drug-likeness (QED) is 0.853. The summed E-state index contributed by atoms with van der Waals surface area (Å²) in [6.07, 6.45) is 4.00. The third kappa shape index (κ3) is 2.53. The van der Waals surface area contributed by atoms with E-state index < -0.39 is 0 Å². The summed E-state index contributed by atoms with van der Waals surface area (Å²) in [7, 11) is 0. The minimum absolute atomic E-state index is 0.684. The molecule has 0 saturated carbocycles. The summed E-state index contributed by atoms with van der Waals surface area (Å²) in [5, 5.41) is 3.43. The molecule has 0 amide bonds. The number of nitrogens with one attached hydrogen (secondary N) is 1. The number of rotatable bonds is 3. The van der Waals surface area contributed by atoms with Gasteiger partial charge in [-0.2, -0.15) is 0 Å². The molecule has 2 fully saturated rings. The molecular weight excluding hydrogens is 208 g/mol. The summed E-state index contributed by atoms with van der Waals surface area (Å²) in [5.74, 6) is 0. The van der Waals surface area contributed by atoms with Crippen molar-refractivity contribution < 1.29 is 0 Å². The normalized spacial score (nSPS) is 23.5. The van der Waals surface area contributed by atoms with Gasteiger partial charge in [-0.15, -0.1) is 0 Å². The van der Waals surface area contributed by atoms with E-state index in [-0.39, 0.29) is 0 Å². The molecule has 2 aliphatic heterocycles. The van der Waals surface area contributed by atoms with E-state index in [9.17, 15) is 0 Å². The number of piperidine rings is 1. The summed E-state index contributed by atoms with van der Waals surface area (Å²) in [5.41, 5.74) is 2.15. The van der Waals surface area contributed by atoms with Crippen molar-refractivity contribution in [3.63, 3.8) is 0 Å². The third-order valence-electron chi connectivity index (χ3n) is 4.48. The van der Waals surface area contributed by atoms with Crippen LogP contribution in [-0.4, -0.2) is 37.6 Å². The largest absolute Gasteiger partial charge is 0.316 e. The first-order valence-electron chi connectivity index (χ1n) is 6.83. The van der Waals surface area contributed by atoms with Crippen molar-refractivity contribution in [2.75, 3.05) is 32.7 Å². The summed E-state index contributed by atoms with van der Waals surface area (Å²) < 4.78 is 0. The lowest BCUT2D eigenvalue weighted by molar-refractivity contribution is 0.0560. The van der Waals surface area contributed by atoms with E-state index in [1.807, 2.05) is 0 Å². The highest BCUT2D eigenvalue weighted by molar-refractivity contribution is 5.14. The predicted molar refractivity (Wildman–Crippen MR) is 71.1 cm³/mol. The molecule has 2 heterocycles. The molecular formula is C15H22N2. The highest BCUT2D eigenvalue weighted by atomic mass is 15.1. The molecule has 0 radical (unpaired) electrons. The van der Waals surface area contributed by atoms with Crippen molar-refractivity contribution in [2.45, 2.75) is 19.3 Å². The second-order valence-electron chi connectivity index (χ2n) is 5.68. The van der Waals surface area contributed by atoms with Gasteiger partial charge in [-0.25, -0.2) is 0 Å². The van der Waals surface area contributed by atoms with E-state index in [0.717, 1.165) is 0 Å². The van der Waals surface area contributed by atoms with Gasteiger partial charge >= 0.3 is 0 Å². The lowest BCUT2D eigenvalue weighted by Gasteiger charge is -2.48. The van der Waals surface area contributed by atoms with Crippen LogP contribution >= 0.6 is 0 Å². The number of hydrogen-bond acceptors (Lipinski definition) is 2. The highest BCUT2D eigenvalue weighted by Crippen LogP contribution is 2.34. The molecule has 1 aromatic carbocycles. The first kappa shape index (κ1) is 11.2. The molecule has 17 heavy (non-hydrogen) atoms. The van der Waals surface area contributed by atoms with Gasteiger partial charge in [0.05, 0.1) is 0 Å². The zero-order valence-electron chi connectivity index (χ0n) is 10.5. The van der Waals surface area contributed by atoms with E-state index in [1.165, 1.54) is 57.5 Å². The fourth-order valence-electron chi connectivity index (χ4n) is 3.01. The molecule has 0 aromatic heterocycles. The molecule has 2 heteroatoms. The SMILES string of the molecule is c1ccc(CCN2CCC3(CC2)CNC3)cc1. The molecule has 0 atom stereocenters. The van der Waals surface area contributed by atoms with Crippen LogP contribution in [0.1, 0.15) is 18.4 Å². The van der Waals surface area contributed by atoms with Crippen LogP contribution in [0.5, 0.6) is 0 Å². The Kier molecular flexibility index (Phi) is 3.17. The van der Waals surface area contributed by atoms with Crippen LogP contribution in [0.15, 0.2) is 30.3 Å². The zero-order valence-corrected chi connectivity index (χ0v) is 10.5. The van der Waals surface area contributed by atoms with Gasteiger partial charge in [0.25, 0.3) is 0 Å². The summed E-state index contributed by atoms with van der Waals surface area (Å²) in [6, 6.07) is 10.8. The average molecular weight is 230 g/mol. The topological polar surface area (TPSA) is 15.3 Å². The van der Waals surface area contributed by atoms with Crippen LogP contribution < -0.4 is 5.32 Å². The molecule has 2 nitrogen and oxygen atoms in total. The van der Waals surface area contributed by atoms with Crippen LogP contribution in [0.2, 0.25) is 0 Å². The monoisotopic (exact) mass is 230 g/mol. The second kappa shape index (κ2) is 4.79. The fourth-order valence-corrected chi connectivity index (χ4v) is 3.01. The molecule has 2 aliphatic rings. The minimum Gasteiger partial charge on any atom is -0.316 e. The third-order valence-corrected chi connectivity index (χ3v) is 4.48. The van der Waals surface area contributed by atoms with Gasteiger partial charge in [0.1, 0.15) is 0 Å². The van der Waals surface area contributed by atoms with Crippen molar-refractivity contribution in [3.8, 4) is 0 Å². The van der Waals surface area contributed by atoms with Gasteiger partial charge in [0.15, 0.2) is 0 Å². The molecule has 0 bridgehead atoms. The van der Waals surface area contributed by atoms with Crippen molar-refractivity contribution in [1.29, 1.82) is 0 Å². The highest BCUT2D eigenvalue weighted by Gasteiger charge is 2.39. The first-order valence-corrected chi connectivity index (χ1v) is 6.83. The maximum atomic E-state index is 3.43. The first-order chi connectivity index (χ1) is 8.36. The van der Waals surface area contributed by atoms with Gasteiger partial charge < -0.3 is 10.2 Å². The molecule has 1 aromatic rings. The van der Waals surface area contributed by atoms with Crippen LogP contribution in [0.4, 0.5) is 0 Å². The molecule has 3 rings (SSSR count). The van der Waals surface area contributed by atoms with Crippen molar-refractivity contribution >= 4 is 0 Å². The molecule has 1 spiro atoms. The smallest absolute Gasteiger partial charge is 0.00218 e. The Morgan fingerprint density at radius 1 is 1.06 bits per heavy atom. The predicted octanol–water partition coefficient (Wildman–Crippen LogP) is 1.91. The Bertz CT molecular complexity index is 346. The Morgan fingerprint density at radius 2 is 1.76 bits per heavy atom. The standard InChI is InChI=1S/C15H22N2/c1-2-4-14(5-3-1)6-9-17-10-7-15(8-11-17)12-16-13-15/h1-5,16H,6-13H2. The van der Waals surface area contributed by atoms with Crippen molar-refractivity contribution in [3.05, 3.63) is 35.9 Å². The Labute approximate surface area is 104 Å². The minimum atomic E-state index is 0.684. The summed E-state index contributed by atoms with van der Waals surface area (Å²) >= 11 is 0. The Balaban J connectivity index is 1.45. The van der Waals surface area contributed by atoms with Crippen molar-refractivity contribution in [2.24, 2.45) is 5.41 Å². The number of benzene rings is 1. The fraction of sp³-hybridized carbons (Fsp3) is 0.600. The number of hydrogen-bond donors (Lipinski definition) is 1. The van der Waals surface area contributed by atoms with Crippen LogP contribution in [-0.2, 0) is 6.42 Å². The van der Waals surface area contributed by atoms with Crippen LogP contribution in [0.3, 0.4) is 0 Å². The summed E-state index contributed by atoms with van der Waals surface area (Å²) in [6.45, 7) is 6.36. The van der Waals surface area contributed by atoms with E-state index in [1.54, 1.807) is 0 Å². The molecule has 0 unspecified atom stereocenters. The molecule has 0 aliphatic carbocycles. The van der Waals surface area contributed by atoms with Crippen LogP contribution in [0.25, 0.3) is 0 Å². The van der Waals surface area contributed by atoms with Gasteiger partial charge in [-0.3, -0.25) is 0 Å². The second-order valence-corrected chi connectivity index (χ2v) is 5.68. The van der Waals surface area contributed by atoms with E-state index in [0.29, 0.717) is 5.41 Å². The molecule has 92 valence electrons. The van der Waals surface area contributed by atoms with E-state index >= 15 is 0 Å². The van der Waals surface area contributed by atoms with Gasteiger partial charge in [-0.1, -0.05) is 30.3 Å². The van der Waals surface area contributed by atoms with E-state index in [2.05, 4.69) is 40.5 Å². The summed E-state index contributed by atoms with van der Waals surface area (Å²) in [4.78, 5) is 2.64. The zero-order chi connectivity index (χ0) is 11.6. The van der Waals surface area contributed by atoms with Gasteiger partial charge in [-0.05, 0) is 43.3 Å². The van der Waals surface area contributed by atoms with Gasteiger partial charge in [0, 0.05) is 19.6 Å². The van der Waals surface area contributed by atoms with E-state index in [4.69, 9.17) is 0 Å². The maximum Gasteiger partial charge on any atom is 0.00218 e. The lowest BCUT2D eigenvalue weighted by atomic mass is 9.73.